The summed E-state index contributed by atoms with van der Waals surface area (Å²) in [6.45, 7) is 4.46. The summed E-state index contributed by atoms with van der Waals surface area (Å²) in [6.07, 6.45) is 5.61. The molecule has 1 aliphatic rings. The third-order valence-corrected chi connectivity index (χ3v) is 3.92. The number of nitrogens with one attached hydrogen (secondary N) is 1. The number of hydrogen-bond acceptors (Lipinski definition) is 2. The van der Waals surface area contributed by atoms with Gasteiger partial charge in [0.1, 0.15) is 5.75 Å². The summed E-state index contributed by atoms with van der Waals surface area (Å²) in [5, 5.41) is 13.6. The van der Waals surface area contributed by atoms with Gasteiger partial charge in [-0.15, -0.1) is 0 Å². The Kier molecular flexibility index (Phi) is 4.06. The zero-order valence-corrected chi connectivity index (χ0v) is 10.9. The van der Waals surface area contributed by atoms with E-state index in [9.17, 15) is 5.11 Å². The molecule has 0 saturated heterocycles. The number of hydrogen-bond donors (Lipinski definition) is 2. The van der Waals surface area contributed by atoms with Crippen LogP contribution in [0, 0.1) is 0 Å². The fourth-order valence-electron chi connectivity index (χ4n) is 2.77. The van der Waals surface area contributed by atoms with Crippen LogP contribution in [0.15, 0.2) is 18.2 Å². The molecule has 0 aliphatic heterocycles. The molecule has 2 nitrogen and oxygen atoms in total. The highest BCUT2D eigenvalue weighted by molar-refractivity contribution is 5.41. The Balaban J connectivity index is 2.05. The molecule has 0 amide bonds. The summed E-state index contributed by atoms with van der Waals surface area (Å²) in [5.74, 6) is 0.471. The van der Waals surface area contributed by atoms with Gasteiger partial charge < -0.3 is 10.4 Å². The molecule has 0 heterocycles. The molecule has 2 N–H and O–H groups in total. The summed E-state index contributed by atoms with van der Waals surface area (Å²) < 4.78 is 0. The Morgan fingerprint density at radius 2 is 2.12 bits per heavy atom. The van der Waals surface area contributed by atoms with Crippen LogP contribution in [0.25, 0.3) is 0 Å². The van der Waals surface area contributed by atoms with E-state index in [0.717, 1.165) is 18.4 Å². The lowest BCUT2D eigenvalue weighted by atomic mass is 9.87. The van der Waals surface area contributed by atoms with Crippen molar-refractivity contribution in [3.8, 4) is 5.75 Å². The van der Waals surface area contributed by atoms with E-state index in [2.05, 4.69) is 25.2 Å². The lowest BCUT2D eigenvalue weighted by molar-refractivity contribution is 0.370. The van der Waals surface area contributed by atoms with Gasteiger partial charge in [0, 0.05) is 12.1 Å². The average Bonchev–Trinajstić information content (AvgIpc) is 2.37. The quantitative estimate of drug-likeness (QED) is 0.838. The van der Waals surface area contributed by atoms with Gasteiger partial charge >= 0.3 is 0 Å². The fourth-order valence-corrected chi connectivity index (χ4v) is 2.77. The number of phenolic OH excluding ortho intramolecular Hbond substituents is 1. The van der Waals surface area contributed by atoms with Gasteiger partial charge in [0.2, 0.25) is 0 Å². The zero-order chi connectivity index (χ0) is 12.3. The van der Waals surface area contributed by atoms with Crippen molar-refractivity contribution in [2.45, 2.75) is 58.0 Å². The van der Waals surface area contributed by atoms with Gasteiger partial charge in [-0.3, -0.25) is 0 Å². The van der Waals surface area contributed by atoms with Crippen molar-refractivity contribution in [1.82, 2.24) is 5.32 Å². The summed E-state index contributed by atoms with van der Waals surface area (Å²) in [4.78, 5) is 0. The first-order chi connectivity index (χ1) is 8.24. The fraction of sp³-hybridized carbons (Fsp3) is 0.600. The van der Waals surface area contributed by atoms with Crippen molar-refractivity contribution in [3.63, 3.8) is 0 Å². The third-order valence-electron chi connectivity index (χ3n) is 3.92. The van der Waals surface area contributed by atoms with Crippen molar-refractivity contribution >= 4 is 0 Å². The van der Waals surface area contributed by atoms with E-state index in [0.29, 0.717) is 17.8 Å². The molecular formula is C15H23NO. The molecule has 0 fully saturated rings. The Hall–Kier alpha value is -1.02. The molecule has 0 spiro atoms. The Morgan fingerprint density at radius 3 is 2.82 bits per heavy atom. The molecule has 1 aromatic rings. The molecule has 0 saturated carbocycles. The van der Waals surface area contributed by atoms with Crippen molar-refractivity contribution in [1.29, 1.82) is 0 Å². The zero-order valence-electron chi connectivity index (χ0n) is 10.9. The maximum atomic E-state index is 9.89. The van der Waals surface area contributed by atoms with Gasteiger partial charge in [0.15, 0.2) is 0 Å². The first-order valence-electron chi connectivity index (χ1n) is 6.80. The van der Waals surface area contributed by atoms with E-state index >= 15 is 0 Å². The molecule has 1 aliphatic carbocycles. The highest BCUT2D eigenvalue weighted by Crippen LogP contribution is 2.28. The largest absolute Gasteiger partial charge is 0.508 e. The average molecular weight is 233 g/mol. The van der Waals surface area contributed by atoms with E-state index in [1.165, 1.54) is 24.8 Å². The maximum absolute atomic E-state index is 9.89. The van der Waals surface area contributed by atoms with Gasteiger partial charge in [-0.25, -0.2) is 0 Å². The van der Waals surface area contributed by atoms with Crippen LogP contribution in [-0.2, 0) is 12.8 Å². The van der Waals surface area contributed by atoms with Crippen molar-refractivity contribution in [2.75, 3.05) is 0 Å². The molecule has 0 aromatic heterocycles. The monoisotopic (exact) mass is 233 g/mol. The Morgan fingerprint density at radius 1 is 1.35 bits per heavy atom. The topological polar surface area (TPSA) is 32.3 Å². The summed E-state index contributed by atoms with van der Waals surface area (Å²) >= 11 is 0. The van der Waals surface area contributed by atoms with Crippen LogP contribution in [0.5, 0.6) is 5.75 Å². The van der Waals surface area contributed by atoms with Crippen molar-refractivity contribution in [2.24, 2.45) is 0 Å². The molecule has 0 radical (unpaired) electrons. The summed E-state index contributed by atoms with van der Waals surface area (Å²) in [6, 6.07) is 7.04. The predicted molar refractivity (Wildman–Crippen MR) is 71.4 cm³/mol. The van der Waals surface area contributed by atoms with Gasteiger partial charge in [-0.1, -0.05) is 26.0 Å². The number of rotatable bonds is 4. The molecule has 2 rings (SSSR count). The van der Waals surface area contributed by atoms with E-state index in [1.54, 1.807) is 6.07 Å². The standard InChI is InChI=1S/C15H23NO/c1-3-12(4-2)16-13-9-8-11-6-5-7-15(17)14(11)10-13/h5-7,12-13,16-17H,3-4,8-10H2,1-2H3. The highest BCUT2D eigenvalue weighted by Gasteiger charge is 2.22. The number of aryl methyl sites for hydroxylation is 1. The molecule has 94 valence electrons. The molecular weight excluding hydrogens is 210 g/mol. The van der Waals surface area contributed by atoms with E-state index in [1.807, 2.05) is 6.07 Å². The SMILES string of the molecule is CCC(CC)NC1CCc2cccc(O)c2C1. The molecule has 2 heteroatoms. The van der Waals surface area contributed by atoms with Crippen molar-refractivity contribution in [3.05, 3.63) is 29.3 Å². The van der Waals surface area contributed by atoms with E-state index in [4.69, 9.17) is 0 Å². The molecule has 0 bridgehead atoms. The van der Waals surface area contributed by atoms with Gasteiger partial charge in [0.25, 0.3) is 0 Å². The van der Waals surface area contributed by atoms with Crippen LogP contribution in [0.4, 0.5) is 0 Å². The van der Waals surface area contributed by atoms with Gasteiger partial charge in [-0.05, 0) is 49.3 Å². The molecule has 17 heavy (non-hydrogen) atoms. The van der Waals surface area contributed by atoms with E-state index < -0.39 is 0 Å². The van der Waals surface area contributed by atoms with Crippen LogP contribution in [0.1, 0.15) is 44.2 Å². The number of fused-ring (bicyclic) bond motifs is 1. The predicted octanol–water partition coefficient (Wildman–Crippen LogP) is 3.03. The first kappa shape index (κ1) is 12.4. The van der Waals surface area contributed by atoms with Crippen LogP contribution in [0.2, 0.25) is 0 Å². The second-order valence-corrected chi connectivity index (χ2v) is 5.03. The van der Waals surface area contributed by atoms with Crippen molar-refractivity contribution < 1.29 is 5.11 Å². The molecule has 1 aromatic carbocycles. The number of benzene rings is 1. The van der Waals surface area contributed by atoms with Crippen LogP contribution in [0.3, 0.4) is 0 Å². The highest BCUT2D eigenvalue weighted by atomic mass is 16.3. The van der Waals surface area contributed by atoms with Crippen LogP contribution >= 0.6 is 0 Å². The van der Waals surface area contributed by atoms with Gasteiger partial charge in [0.05, 0.1) is 0 Å². The minimum Gasteiger partial charge on any atom is -0.508 e. The van der Waals surface area contributed by atoms with Gasteiger partial charge in [-0.2, -0.15) is 0 Å². The lowest BCUT2D eigenvalue weighted by Gasteiger charge is -2.29. The molecule has 1 atom stereocenters. The Labute approximate surface area is 104 Å². The maximum Gasteiger partial charge on any atom is 0.119 e. The minimum atomic E-state index is 0.471. The smallest absolute Gasteiger partial charge is 0.119 e. The second kappa shape index (κ2) is 5.54. The normalized spacial score (nSPS) is 19.4. The lowest BCUT2D eigenvalue weighted by Crippen LogP contribution is -2.41. The summed E-state index contributed by atoms with van der Waals surface area (Å²) in [5.41, 5.74) is 2.48. The Bertz CT molecular complexity index is 371. The molecule has 1 unspecified atom stereocenters. The third kappa shape index (κ3) is 2.81. The van der Waals surface area contributed by atoms with Crippen LogP contribution in [-0.4, -0.2) is 17.2 Å². The second-order valence-electron chi connectivity index (χ2n) is 5.03. The van der Waals surface area contributed by atoms with E-state index in [-0.39, 0.29) is 0 Å². The minimum absolute atomic E-state index is 0.471. The number of phenols is 1. The first-order valence-corrected chi connectivity index (χ1v) is 6.80. The van der Waals surface area contributed by atoms with Crippen LogP contribution < -0.4 is 5.32 Å². The number of aromatic hydroxyl groups is 1. The summed E-state index contributed by atoms with van der Waals surface area (Å²) in [7, 11) is 0.